The van der Waals surface area contributed by atoms with Gasteiger partial charge in [0.25, 0.3) is 10.0 Å². The molecule has 0 radical (unpaired) electrons. The van der Waals surface area contributed by atoms with E-state index in [0.717, 1.165) is 0 Å². The van der Waals surface area contributed by atoms with Crippen molar-refractivity contribution in [2.45, 2.75) is 31.5 Å². The highest BCUT2D eigenvalue weighted by Gasteiger charge is 2.21. The van der Waals surface area contributed by atoms with Gasteiger partial charge in [0.1, 0.15) is 0 Å². The number of sulfonamides is 1. The van der Waals surface area contributed by atoms with Gasteiger partial charge in [-0.25, -0.2) is 0 Å². The first kappa shape index (κ1) is 15.8. The van der Waals surface area contributed by atoms with Crippen molar-refractivity contribution in [1.29, 1.82) is 0 Å². The van der Waals surface area contributed by atoms with Gasteiger partial charge < -0.3 is 5.32 Å². The van der Waals surface area contributed by atoms with Crippen molar-refractivity contribution in [2.24, 2.45) is 0 Å². The summed E-state index contributed by atoms with van der Waals surface area (Å²) in [7, 11) is -3.73. The van der Waals surface area contributed by atoms with Gasteiger partial charge in [-0.1, -0.05) is 31.5 Å². The second-order valence-corrected chi connectivity index (χ2v) is 6.93. The van der Waals surface area contributed by atoms with Crippen LogP contribution in [0.5, 0.6) is 0 Å². The number of nitrogens with zero attached hydrogens (tertiary/aromatic N) is 1. The molecule has 1 aromatic heterocycles. The van der Waals surface area contributed by atoms with Crippen LogP contribution in [0, 0.1) is 0 Å². The topological polar surface area (TPSA) is 86.9 Å². The van der Waals surface area contributed by atoms with Gasteiger partial charge in [0.2, 0.25) is 0 Å². The highest BCUT2D eigenvalue weighted by Crippen LogP contribution is 2.20. The van der Waals surface area contributed by atoms with Crippen LogP contribution in [0.3, 0.4) is 0 Å². The maximum absolute atomic E-state index is 12.4. The number of anilines is 1. The van der Waals surface area contributed by atoms with E-state index < -0.39 is 10.0 Å². The Hall–Kier alpha value is -1.57. The molecule has 2 rings (SSSR count). The van der Waals surface area contributed by atoms with Crippen molar-refractivity contribution in [3.8, 4) is 0 Å². The highest BCUT2D eigenvalue weighted by molar-refractivity contribution is 7.92. The maximum atomic E-state index is 12.4. The normalized spacial score (nSPS) is 11.8. The van der Waals surface area contributed by atoms with E-state index >= 15 is 0 Å². The molecule has 0 aliphatic carbocycles. The second-order valence-electron chi connectivity index (χ2n) is 4.88. The van der Waals surface area contributed by atoms with Crippen molar-refractivity contribution < 1.29 is 8.42 Å². The first-order chi connectivity index (χ1) is 9.88. The van der Waals surface area contributed by atoms with Gasteiger partial charge in [-0.2, -0.15) is 13.5 Å². The Balaban J connectivity index is 2.22. The molecule has 21 heavy (non-hydrogen) atoms. The van der Waals surface area contributed by atoms with E-state index in [-0.39, 0.29) is 11.1 Å². The van der Waals surface area contributed by atoms with Crippen LogP contribution in [0.4, 0.5) is 5.69 Å². The summed E-state index contributed by atoms with van der Waals surface area (Å²) in [5.74, 6) is 0. The van der Waals surface area contributed by atoms with Crippen molar-refractivity contribution in [1.82, 2.24) is 15.5 Å². The molecule has 0 saturated carbocycles. The van der Waals surface area contributed by atoms with Crippen molar-refractivity contribution in [3.05, 3.63) is 41.0 Å². The van der Waals surface area contributed by atoms with Crippen LogP contribution in [0.25, 0.3) is 0 Å². The van der Waals surface area contributed by atoms with Crippen LogP contribution in [0.15, 0.2) is 35.5 Å². The van der Waals surface area contributed by atoms with E-state index in [9.17, 15) is 8.42 Å². The number of nitrogens with one attached hydrogen (secondary N) is 3. The number of benzene rings is 1. The van der Waals surface area contributed by atoms with Gasteiger partial charge in [-0.05, 0) is 18.2 Å². The van der Waals surface area contributed by atoms with Crippen molar-refractivity contribution in [2.75, 3.05) is 4.72 Å². The lowest BCUT2D eigenvalue weighted by Crippen LogP contribution is -2.23. The second kappa shape index (κ2) is 6.46. The van der Waals surface area contributed by atoms with Gasteiger partial charge in [0, 0.05) is 23.2 Å². The molecule has 0 atom stereocenters. The molecule has 0 saturated heterocycles. The molecule has 0 fully saturated rings. The smallest absolute Gasteiger partial charge is 0.279 e. The summed E-state index contributed by atoms with van der Waals surface area (Å²) in [6, 6.07) is 6.77. The van der Waals surface area contributed by atoms with E-state index in [2.05, 4.69) is 20.2 Å². The number of halogens is 1. The molecular weight excluding hydrogens is 312 g/mol. The predicted octanol–water partition coefficient (Wildman–Crippen LogP) is 2.36. The Morgan fingerprint density at radius 1 is 1.38 bits per heavy atom. The van der Waals surface area contributed by atoms with Gasteiger partial charge in [-0.15, -0.1) is 0 Å². The number of H-pyrrole nitrogens is 1. The molecule has 1 heterocycles. The molecule has 0 unspecified atom stereocenters. The molecule has 0 amide bonds. The van der Waals surface area contributed by atoms with Crippen LogP contribution in [0.2, 0.25) is 5.02 Å². The monoisotopic (exact) mass is 328 g/mol. The van der Waals surface area contributed by atoms with E-state index in [1.807, 2.05) is 13.8 Å². The summed E-state index contributed by atoms with van der Waals surface area (Å²) in [6.07, 6.45) is 1.50. The SMILES string of the molecule is CC(C)NCc1cn[nH]c1S(=O)(=O)Nc1cccc(Cl)c1. The fourth-order valence-electron chi connectivity index (χ4n) is 1.73. The van der Waals surface area contributed by atoms with Crippen LogP contribution in [0.1, 0.15) is 19.4 Å². The molecule has 0 aliphatic rings. The van der Waals surface area contributed by atoms with Gasteiger partial charge in [0.15, 0.2) is 5.03 Å². The van der Waals surface area contributed by atoms with Crippen molar-refractivity contribution >= 4 is 27.3 Å². The van der Waals surface area contributed by atoms with E-state index in [1.54, 1.807) is 24.3 Å². The number of hydrogen-bond donors (Lipinski definition) is 3. The van der Waals surface area contributed by atoms with E-state index in [1.165, 1.54) is 6.20 Å². The predicted molar refractivity (Wildman–Crippen MR) is 82.8 cm³/mol. The van der Waals surface area contributed by atoms with Crippen LogP contribution < -0.4 is 10.0 Å². The van der Waals surface area contributed by atoms with Crippen molar-refractivity contribution in [3.63, 3.8) is 0 Å². The van der Waals surface area contributed by atoms with Crippen LogP contribution >= 0.6 is 11.6 Å². The standard InChI is InChI=1S/C13H17ClN4O2S/c1-9(2)15-7-10-8-16-17-13(10)21(19,20)18-12-5-3-4-11(14)6-12/h3-6,8-9,15,18H,7H2,1-2H3,(H,16,17). The van der Waals surface area contributed by atoms with Gasteiger partial charge >= 0.3 is 0 Å². The molecule has 6 nitrogen and oxygen atoms in total. The Labute approximate surface area is 129 Å². The maximum Gasteiger partial charge on any atom is 0.279 e. The zero-order valence-electron chi connectivity index (χ0n) is 11.7. The van der Waals surface area contributed by atoms with Gasteiger partial charge in [0.05, 0.1) is 11.9 Å². The number of rotatable bonds is 6. The lowest BCUT2D eigenvalue weighted by Gasteiger charge is -2.10. The summed E-state index contributed by atoms with van der Waals surface area (Å²) in [5, 5.41) is 10.0. The molecular formula is C13H17ClN4O2S. The lowest BCUT2D eigenvalue weighted by atomic mass is 10.3. The molecule has 1 aromatic carbocycles. The zero-order chi connectivity index (χ0) is 15.5. The molecule has 0 aliphatic heterocycles. The minimum absolute atomic E-state index is 0.0515. The lowest BCUT2D eigenvalue weighted by molar-refractivity contribution is 0.574. The number of aromatic amines is 1. The first-order valence-electron chi connectivity index (χ1n) is 6.42. The molecule has 0 spiro atoms. The van der Waals surface area contributed by atoms with E-state index in [0.29, 0.717) is 22.8 Å². The molecule has 2 aromatic rings. The number of aromatic nitrogens is 2. The average molecular weight is 329 g/mol. The molecule has 8 heteroatoms. The molecule has 3 N–H and O–H groups in total. The third-order valence-corrected chi connectivity index (χ3v) is 4.35. The van der Waals surface area contributed by atoms with E-state index in [4.69, 9.17) is 11.6 Å². The number of hydrogen-bond acceptors (Lipinski definition) is 4. The Kier molecular flexibility index (Phi) is 4.87. The summed E-state index contributed by atoms with van der Waals surface area (Å²) >= 11 is 5.85. The molecule has 0 bridgehead atoms. The third-order valence-electron chi connectivity index (χ3n) is 2.72. The van der Waals surface area contributed by atoms with Gasteiger partial charge in [-0.3, -0.25) is 9.82 Å². The zero-order valence-corrected chi connectivity index (χ0v) is 13.3. The highest BCUT2D eigenvalue weighted by atomic mass is 35.5. The van der Waals surface area contributed by atoms with Crippen LogP contribution in [-0.4, -0.2) is 24.7 Å². The first-order valence-corrected chi connectivity index (χ1v) is 8.28. The third kappa shape index (κ3) is 4.20. The summed E-state index contributed by atoms with van der Waals surface area (Å²) in [6.45, 7) is 4.39. The van der Waals surface area contributed by atoms with Crippen LogP contribution in [-0.2, 0) is 16.6 Å². The fraction of sp³-hybridized carbons (Fsp3) is 0.308. The quantitative estimate of drug-likeness (QED) is 0.759. The average Bonchev–Trinajstić information content (AvgIpc) is 2.85. The Morgan fingerprint density at radius 3 is 2.81 bits per heavy atom. The largest absolute Gasteiger partial charge is 0.310 e. The summed E-state index contributed by atoms with van der Waals surface area (Å²) in [4.78, 5) is 0. The Morgan fingerprint density at radius 2 is 2.14 bits per heavy atom. The summed E-state index contributed by atoms with van der Waals surface area (Å²) < 4.78 is 27.3. The minimum atomic E-state index is -3.73. The molecule has 114 valence electrons. The Bertz CT molecular complexity index is 712. The summed E-state index contributed by atoms with van der Waals surface area (Å²) in [5.41, 5.74) is 0.984. The fourth-order valence-corrected chi connectivity index (χ4v) is 3.10. The minimum Gasteiger partial charge on any atom is -0.310 e.